The van der Waals surface area contributed by atoms with Gasteiger partial charge < -0.3 is 34.5 Å². The van der Waals surface area contributed by atoms with Crippen LogP contribution < -0.4 is 5.32 Å². The highest BCUT2D eigenvalue weighted by Gasteiger charge is 2.48. The van der Waals surface area contributed by atoms with Gasteiger partial charge in [0.1, 0.15) is 24.9 Å². The molecule has 9 heteroatoms. The second-order valence-electron chi connectivity index (χ2n) is 5.00. The number of ether oxygens (including phenoxy) is 4. The molecular formula is C15H23NO8. The molecule has 1 fully saturated rings. The highest BCUT2D eigenvalue weighted by molar-refractivity contribution is 5.73. The summed E-state index contributed by atoms with van der Waals surface area (Å²) in [7, 11) is 0. The maximum Gasteiger partial charge on any atom is 0.509 e. The average Bonchev–Trinajstić information content (AvgIpc) is 2.55. The minimum Gasteiger partial charge on any atom is -0.430 e. The highest BCUT2D eigenvalue weighted by Crippen LogP contribution is 2.25. The van der Waals surface area contributed by atoms with Gasteiger partial charge >= 0.3 is 6.16 Å². The Kier molecular flexibility index (Phi) is 8.41. The lowest BCUT2D eigenvalue weighted by atomic mass is 9.96. The second-order valence-corrected chi connectivity index (χ2v) is 5.00. The predicted octanol–water partition coefficient (Wildman–Crippen LogP) is -0.520. The summed E-state index contributed by atoms with van der Waals surface area (Å²) in [5.74, 6) is -0.446. The molecule has 136 valence electrons. The van der Waals surface area contributed by atoms with Gasteiger partial charge in [0, 0.05) is 6.92 Å². The van der Waals surface area contributed by atoms with E-state index in [0.29, 0.717) is 0 Å². The summed E-state index contributed by atoms with van der Waals surface area (Å²) in [5, 5.41) is 22.1. The van der Waals surface area contributed by atoms with E-state index in [1.165, 1.54) is 19.1 Å². The number of nitrogens with one attached hydrogen (secondary N) is 1. The van der Waals surface area contributed by atoms with Crippen LogP contribution in [0.5, 0.6) is 0 Å². The van der Waals surface area contributed by atoms with Crippen molar-refractivity contribution in [3.05, 3.63) is 25.3 Å². The monoisotopic (exact) mass is 345 g/mol. The summed E-state index contributed by atoms with van der Waals surface area (Å²) in [6, 6.07) is -1.00. The van der Waals surface area contributed by atoms with Gasteiger partial charge in [-0.3, -0.25) is 4.79 Å². The molecule has 0 spiro atoms. The molecule has 0 bridgehead atoms. The molecule has 24 heavy (non-hydrogen) atoms. The summed E-state index contributed by atoms with van der Waals surface area (Å²) >= 11 is 0. The molecule has 0 unspecified atom stereocenters. The van der Waals surface area contributed by atoms with Crippen molar-refractivity contribution < 1.29 is 38.7 Å². The maximum absolute atomic E-state index is 11.7. The lowest BCUT2D eigenvalue weighted by Gasteiger charge is -2.43. The lowest BCUT2D eigenvalue weighted by molar-refractivity contribution is -0.268. The van der Waals surface area contributed by atoms with E-state index < -0.39 is 49.3 Å². The predicted molar refractivity (Wildman–Crippen MR) is 81.9 cm³/mol. The van der Waals surface area contributed by atoms with Crippen molar-refractivity contribution >= 4 is 12.1 Å². The molecule has 0 aromatic heterocycles. The van der Waals surface area contributed by atoms with Gasteiger partial charge in [-0.15, -0.1) is 6.58 Å². The minimum absolute atomic E-state index is 0.0806. The van der Waals surface area contributed by atoms with Crippen LogP contribution in [0.4, 0.5) is 4.79 Å². The Morgan fingerprint density at radius 3 is 2.50 bits per heavy atom. The van der Waals surface area contributed by atoms with Crippen molar-refractivity contribution in [2.45, 2.75) is 37.6 Å². The summed E-state index contributed by atoms with van der Waals surface area (Å²) in [6.07, 6.45) is -3.03. The maximum atomic E-state index is 11.7. The quantitative estimate of drug-likeness (QED) is 0.397. The third-order valence-electron chi connectivity index (χ3n) is 3.15. The molecule has 1 amide bonds. The van der Waals surface area contributed by atoms with Crippen LogP contribution in [0.1, 0.15) is 6.92 Å². The number of carbonyl (C=O) groups is 2. The van der Waals surface area contributed by atoms with Crippen LogP contribution in [0.25, 0.3) is 0 Å². The van der Waals surface area contributed by atoms with Gasteiger partial charge in [0.15, 0.2) is 12.4 Å². The summed E-state index contributed by atoms with van der Waals surface area (Å²) in [6.45, 7) is 7.62. The number of carbonyl (C=O) groups excluding carboxylic acids is 2. The van der Waals surface area contributed by atoms with Crippen LogP contribution in [0, 0.1) is 0 Å². The van der Waals surface area contributed by atoms with Crippen molar-refractivity contribution in [1.29, 1.82) is 0 Å². The van der Waals surface area contributed by atoms with Crippen molar-refractivity contribution in [2.75, 3.05) is 19.8 Å². The Bertz CT molecular complexity index is 455. The SMILES string of the molecule is C=CCOC(=O)O[C@H]1[C@H](O)[C@@H](CO)O[C@H](OCC=C)[C@H]1NC(C)=O. The molecular weight excluding hydrogens is 322 g/mol. The van der Waals surface area contributed by atoms with Crippen LogP contribution in [-0.2, 0) is 23.7 Å². The molecule has 3 N–H and O–H groups in total. The van der Waals surface area contributed by atoms with E-state index in [-0.39, 0.29) is 13.2 Å². The largest absolute Gasteiger partial charge is 0.509 e. The van der Waals surface area contributed by atoms with Gasteiger partial charge in [0.05, 0.1) is 13.2 Å². The topological polar surface area (TPSA) is 124 Å². The summed E-state index contributed by atoms with van der Waals surface area (Å²) < 4.78 is 20.6. The van der Waals surface area contributed by atoms with Crippen LogP contribution in [-0.4, -0.2) is 72.7 Å². The van der Waals surface area contributed by atoms with Gasteiger partial charge in [0.25, 0.3) is 0 Å². The first kappa shape index (κ1) is 20.1. The van der Waals surface area contributed by atoms with Crippen molar-refractivity contribution in [1.82, 2.24) is 5.32 Å². The third-order valence-corrected chi connectivity index (χ3v) is 3.15. The molecule has 0 aromatic rings. The van der Waals surface area contributed by atoms with Gasteiger partial charge in [-0.25, -0.2) is 4.79 Å². The molecule has 9 nitrogen and oxygen atoms in total. The van der Waals surface area contributed by atoms with Gasteiger partial charge in [-0.1, -0.05) is 18.7 Å². The molecule has 0 aliphatic carbocycles. The Balaban J connectivity index is 2.97. The smallest absolute Gasteiger partial charge is 0.430 e. The highest BCUT2D eigenvalue weighted by atomic mass is 16.7. The van der Waals surface area contributed by atoms with Crippen LogP contribution in [0.2, 0.25) is 0 Å². The van der Waals surface area contributed by atoms with E-state index in [0.717, 1.165) is 0 Å². The number of hydrogen-bond donors (Lipinski definition) is 3. The molecule has 1 heterocycles. The van der Waals surface area contributed by atoms with Crippen LogP contribution >= 0.6 is 0 Å². The van der Waals surface area contributed by atoms with Crippen molar-refractivity contribution in [3.8, 4) is 0 Å². The van der Waals surface area contributed by atoms with E-state index in [2.05, 4.69) is 18.5 Å². The Labute approximate surface area is 139 Å². The molecule has 0 radical (unpaired) electrons. The lowest BCUT2D eigenvalue weighted by Crippen LogP contribution is -2.65. The zero-order valence-corrected chi connectivity index (χ0v) is 13.4. The number of aliphatic hydroxyl groups excluding tert-OH is 2. The van der Waals surface area contributed by atoms with Crippen molar-refractivity contribution in [2.24, 2.45) is 0 Å². The summed E-state index contributed by atoms with van der Waals surface area (Å²) in [4.78, 5) is 23.1. The fourth-order valence-corrected chi connectivity index (χ4v) is 2.17. The van der Waals surface area contributed by atoms with Crippen LogP contribution in [0.3, 0.4) is 0 Å². The Hall–Kier alpha value is -1.94. The van der Waals surface area contributed by atoms with Gasteiger partial charge in [0.2, 0.25) is 5.91 Å². The molecule has 0 saturated carbocycles. The molecule has 1 rings (SSSR count). The average molecular weight is 345 g/mol. The zero-order chi connectivity index (χ0) is 18.1. The third kappa shape index (κ3) is 5.60. The Morgan fingerprint density at radius 2 is 1.96 bits per heavy atom. The molecule has 1 aliphatic heterocycles. The number of amides is 1. The van der Waals surface area contributed by atoms with E-state index in [4.69, 9.17) is 18.9 Å². The van der Waals surface area contributed by atoms with Gasteiger partial charge in [-0.2, -0.15) is 0 Å². The molecule has 5 atom stereocenters. The normalized spacial score (nSPS) is 29.4. The molecule has 1 aliphatic rings. The number of aliphatic hydroxyl groups is 2. The van der Waals surface area contributed by atoms with Crippen molar-refractivity contribution in [3.63, 3.8) is 0 Å². The zero-order valence-electron chi connectivity index (χ0n) is 13.4. The second kappa shape index (κ2) is 10.0. The number of hydrogen-bond acceptors (Lipinski definition) is 8. The Morgan fingerprint density at radius 1 is 1.29 bits per heavy atom. The first-order valence-electron chi connectivity index (χ1n) is 7.32. The molecule has 0 aromatic carbocycles. The first-order chi connectivity index (χ1) is 11.4. The molecule has 1 saturated heterocycles. The number of rotatable bonds is 8. The van der Waals surface area contributed by atoms with E-state index in [1.54, 1.807) is 0 Å². The first-order valence-corrected chi connectivity index (χ1v) is 7.32. The minimum atomic E-state index is -1.40. The fourth-order valence-electron chi connectivity index (χ4n) is 2.17. The van der Waals surface area contributed by atoms with E-state index >= 15 is 0 Å². The van der Waals surface area contributed by atoms with Crippen LogP contribution in [0.15, 0.2) is 25.3 Å². The fraction of sp³-hybridized carbons (Fsp3) is 0.600. The van der Waals surface area contributed by atoms with E-state index in [1.807, 2.05) is 0 Å². The van der Waals surface area contributed by atoms with Gasteiger partial charge in [-0.05, 0) is 0 Å². The standard InChI is InChI=1S/C15H23NO8/c1-4-6-21-14-11(16-9(3)18)13(12(19)10(8-17)23-14)24-15(20)22-7-5-2/h4-5,10-14,17,19H,1-2,6-8H2,3H3,(H,16,18)/t10-,11+,12-,13-,14+/m1/s1. The van der Waals surface area contributed by atoms with E-state index in [9.17, 15) is 19.8 Å². The summed E-state index contributed by atoms with van der Waals surface area (Å²) in [5.41, 5.74) is 0.